The number of ketones is 2. The second-order valence-electron chi connectivity index (χ2n) is 35.0. The Morgan fingerprint density at radius 2 is 0.912 bits per heavy atom. The van der Waals surface area contributed by atoms with E-state index in [0.29, 0.717) is 53.4 Å². The van der Waals surface area contributed by atoms with E-state index in [0.717, 1.165) is 51.4 Å². The molecular formula is C94H120O20. The van der Waals surface area contributed by atoms with Crippen molar-refractivity contribution in [1.82, 2.24) is 0 Å². The predicted octanol–water partition coefficient (Wildman–Crippen LogP) is 16.9. The Bertz CT molecular complexity index is 4050. The Morgan fingerprint density at radius 3 is 1.46 bits per heavy atom. The van der Waals surface area contributed by atoms with Crippen molar-refractivity contribution in [2.24, 2.45) is 87.8 Å². The number of Topliss-reactive ketones (excluding diaryl/α,β-unsaturated/α-hetero) is 2. The Morgan fingerprint density at radius 1 is 0.447 bits per heavy atom. The molecule has 16 unspecified atom stereocenters. The van der Waals surface area contributed by atoms with Crippen LogP contribution in [0.15, 0.2) is 152 Å². The summed E-state index contributed by atoms with van der Waals surface area (Å²) >= 11 is 0. The predicted molar refractivity (Wildman–Crippen MR) is 424 cm³/mol. The van der Waals surface area contributed by atoms with Gasteiger partial charge in [-0.05, 0) is 184 Å². The van der Waals surface area contributed by atoms with Crippen molar-refractivity contribution in [3.8, 4) is 0 Å². The van der Waals surface area contributed by atoms with Crippen LogP contribution in [0.25, 0.3) is 0 Å². The molecule has 13 rings (SSSR count). The summed E-state index contributed by atoms with van der Waals surface area (Å²) in [6.07, 6.45) is -3.92. The van der Waals surface area contributed by atoms with Gasteiger partial charge in [0.1, 0.15) is 42.6 Å². The molecule has 30 atom stereocenters. The van der Waals surface area contributed by atoms with Crippen molar-refractivity contribution in [2.75, 3.05) is 13.2 Å². The highest BCUT2D eigenvalue weighted by Crippen LogP contribution is 2.68. The quantitative estimate of drug-likeness (QED) is 0.0270. The first-order valence-corrected chi connectivity index (χ1v) is 42.3. The summed E-state index contributed by atoms with van der Waals surface area (Å²) < 4.78 is 87.8. The Labute approximate surface area is 673 Å². The van der Waals surface area contributed by atoms with Crippen LogP contribution in [0.5, 0.6) is 0 Å². The van der Waals surface area contributed by atoms with Crippen molar-refractivity contribution < 1.29 is 95.1 Å². The lowest BCUT2D eigenvalue weighted by Gasteiger charge is -2.61. The third kappa shape index (κ3) is 18.1. The van der Waals surface area contributed by atoms with Gasteiger partial charge in [-0.1, -0.05) is 174 Å². The highest BCUT2D eigenvalue weighted by molar-refractivity contribution is 5.93. The van der Waals surface area contributed by atoms with E-state index in [9.17, 15) is 33.6 Å². The number of carbonyl (C=O) groups excluding carboxylic acids is 7. The van der Waals surface area contributed by atoms with E-state index in [1.807, 2.05) is 72.7 Å². The van der Waals surface area contributed by atoms with Crippen molar-refractivity contribution in [3.05, 3.63) is 179 Å². The van der Waals surface area contributed by atoms with Gasteiger partial charge in [-0.2, -0.15) is 0 Å². The first-order valence-electron chi connectivity index (χ1n) is 42.3. The number of hydrogen-bond acceptors (Lipinski definition) is 20. The van der Waals surface area contributed by atoms with E-state index in [2.05, 4.69) is 41.5 Å². The summed E-state index contributed by atoms with van der Waals surface area (Å²) in [5.41, 5.74) is 1.23. The van der Waals surface area contributed by atoms with Crippen LogP contribution in [0, 0.1) is 87.8 Å². The molecular weight excluding hydrogens is 1450 g/mol. The van der Waals surface area contributed by atoms with Crippen molar-refractivity contribution >= 4 is 41.4 Å². The number of ether oxygens (including phenoxy) is 13. The van der Waals surface area contributed by atoms with Crippen LogP contribution in [0.1, 0.15) is 219 Å². The second kappa shape index (κ2) is 37.0. The van der Waals surface area contributed by atoms with Crippen LogP contribution < -0.4 is 0 Å². The van der Waals surface area contributed by atoms with Crippen LogP contribution in [-0.2, 0) is 71.2 Å². The van der Waals surface area contributed by atoms with Gasteiger partial charge in [-0.15, -0.1) is 0 Å². The van der Waals surface area contributed by atoms with Crippen LogP contribution in [-0.4, -0.2) is 147 Å². The van der Waals surface area contributed by atoms with E-state index in [-0.39, 0.29) is 107 Å². The monoisotopic (exact) mass is 1570 g/mol. The van der Waals surface area contributed by atoms with Crippen molar-refractivity contribution in [2.45, 2.75) is 259 Å². The molecule has 4 aliphatic heterocycles. The molecule has 0 amide bonds. The Hall–Kier alpha value is -7.53. The summed E-state index contributed by atoms with van der Waals surface area (Å²) in [6.45, 7) is 27.1. The molecule has 20 heteroatoms. The third-order valence-electron chi connectivity index (χ3n) is 28.3. The molecule has 616 valence electrons. The zero-order chi connectivity index (χ0) is 80.9. The molecule has 4 heterocycles. The fraction of sp³-hybridized carbons (Fsp3) is 0.606. The molecule has 4 saturated heterocycles. The number of hydrogen-bond donors (Lipinski definition) is 0. The van der Waals surface area contributed by atoms with Gasteiger partial charge >= 0.3 is 29.8 Å². The molecule has 8 aliphatic rings. The van der Waals surface area contributed by atoms with Gasteiger partial charge in [0.25, 0.3) is 0 Å². The normalized spacial score (nSPS) is 37.1. The largest absolute Gasteiger partial charge is 0.459 e. The topological polar surface area (TPSA) is 239 Å². The number of fused-ring (bicyclic) bond motifs is 5. The van der Waals surface area contributed by atoms with E-state index in [1.165, 1.54) is 0 Å². The molecule has 0 radical (unpaired) electrons. The summed E-state index contributed by atoms with van der Waals surface area (Å²) in [7, 11) is 0. The molecule has 20 nitrogen and oxygen atoms in total. The maximum Gasteiger partial charge on any atom is 0.338 e. The van der Waals surface area contributed by atoms with Crippen LogP contribution in [0.2, 0.25) is 0 Å². The van der Waals surface area contributed by atoms with Gasteiger partial charge in [0.05, 0.1) is 64.9 Å². The first-order chi connectivity index (χ1) is 54.8. The summed E-state index contributed by atoms with van der Waals surface area (Å²) in [5.74, 6) is -3.66. The summed E-state index contributed by atoms with van der Waals surface area (Å²) in [6, 6.07) is 43.3. The molecule has 0 N–H and O–H groups in total. The molecule has 8 fully saturated rings. The molecule has 4 aliphatic carbocycles. The molecule has 0 spiro atoms. The SMILES string of the molecule is CCC1O[C@@H](OC2[C@H](OC3CCC4(C)C(CCC5C4CCC4(C)C5CC(=O)C4[C@H](C)C(=O)CC[C@H](C)CO[C@@H]4OC(CC)[C@@H](C)[C@H](OC(=O)c5ccccc5)C4OC(=O)c4ccccc4)C3)OC(COC(=O)c3ccccc3)[C@H](O[C@@H]3OC(C)[C@H](C)[C@H](OC(=O)c4ccccc4)C3OC(=O)c3ccccc3)[C@@H]2C)C(C)[C@@H](C)[C@@H]1C. The van der Waals surface area contributed by atoms with Crippen molar-refractivity contribution in [1.29, 1.82) is 0 Å². The van der Waals surface area contributed by atoms with Crippen LogP contribution >= 0.6 is 0 Å². The fourth-order valence-electron chi connectivity index (χ4n) is 20.9. The molecule has 5 aromatic rings. The van der Waals surface area contributed by atoms with Gasteiger partial charge in [0.2, 0.25) is 0 Å². The van der Waals surface area contributed by atoms with Crippen molar-refractivity contribution in [3.63, 3.8) is 0 Å². The average Bonchev–Trinajstić information content (AvgIpc) is 1.49. The molecule has 0 bridgehead atoms. The highest BCUT2D eigenvalue weighted by Gasteiger charge is 2.65. The standard InChI is InChI=1S/C94H120O20/c1-14-74-55(5)54(4)56(6)89(106-74)114-81-60(10)78(113-92-83(112-88(101)66-39-29-20-30-40-66)79(57(7)61(11)104-92)109-85(98)63-33-23-17-24-34-63)76(52-102-84(97)62-31-21-16-22-32-62)108-91(81)105-68-45-47-93(12)67(49-68)42-43-69-70(93)46-48-94(13)71(69)50-73(96)77(94)58(8)72(95)44-41-53(3)51-103-90-82(111-87(100)65-37-27-19-28-38-65)80(59(9)75(15-2)107-90)110-86(99)64-35-25-18-26-36-64/h16-40,53-61,67-71,74-83,89-92H,14-15,41-52H2,1-13H3/t53-,54-,55-,56?,57-,58+,59+,60-,61?,67?,68?,69?,70?,71?,74?,75?,76?,77?,78+,79-,80-,81?,82?,83?,89-,90+,91+,92-,93?,94?/m0/s1. The third-order valence-corrected chi connectivity index (χ3v) is 28.3. The van der Waals surface area contributed by atoms with E-state index in [4.69, 9.17) is 61.6 Å². The Kier molecular flexibility index (Phi) is 27.4. The minimum atomic E-state index is -1.35. The van der Waals surface area contributed by atoms with E-state index >= 15 is 0 Å². The lowest BCUT2D eigenvalue weighted by atomic mass is 9.44. The Balaban J connectivity index is 0.698. The number of esters is 5. The number of benzene rings is 5. The first kappa shape index (κ1) is 84.4. The highest BCUT2D eigenvalue weighted by atomic mass is 16.8. The molecule has 114 heavy (non-hydrogen) atoms. The molecule has 4 saturated carbocycles. The summed E-state index contributed by atoms with van der Waals surface area (Å²) in [5, 5.41) is 0. The van der Waals surface area contributed by atoms with Gasteiger partial charge in [0, 0.05) is 48.3 Å². The number of carbonyl (C=O) groups is 7. The molecule has 5 aromatic carbocycles. The zero-order valence-electron chi connectivity index (χ0n) is 68.7. The minimum Gasteiger partial charge on any atom is -0.459 e. The van der Waals surface area contributed by atoms with E-state index < -0.39 is 128 Å². The fourth-order valence-corrected chi connectivity index (χ4v) is 20.9. The van der Waals surface area contributed by atoms with Crippen LogP contribution in [0.4, 0.5) is 0 Å². The van der Waals surface area contributed by atoms with Gasteiger partial charge in [-0.25, -0.2) is 24.0 Å². The van der Waals surface area contributed by atoms with E-state index in [1.54, 1.807) is 127 Å². The maximum absolute atomic E-state index is 14.8. The molecule has 0 aromatic heterocycles. The zero-order valence-corrected chi connectivity index (χ0v) is 68.7. The van der Waals surface area contributed by atoms with Gasteiger partial charge in [-0.3, -0.25) is 9.59 Å². The van der Waals surface area contributed by atoms with Crippen LogP contribution in [0.3, 0.4) is 0 Å². The maximum atomic E-state index is 14.8. The minimum absolute atomic E-state index is 0.0429. The van der Waals surface area contributed by atoms with Gasteiger partial charge < -0.3 is 61.6 Å². The van der Waals surface area contributed by atoms with Gasteiger partial charge in [0.15, 0.2) is 37.4 Å². The average molecular weight is 1570 g/mol. The second-order valence-corrected chi connectivity index (χ2v) is 35.0. The summed E-state index contributed by atoms with van der Waals surface area (Å²) in [4.78, 5) is 99.5. The number of rotatable bonds is 27. The lowest BCUT2D eigenvalue weighted by molar-refractivity contribution is -0.374. The lowest BCUT2D eigenvalue weighted by Crippen LogP contribution is -2.63. The smallest absolute Gasteiger partial charge is 0.338 e.